The average Bonchev–Trinajstić information content (AvgIpc) is 2.81. The van der Waals surface area contributed by atoms with E-state index in [0.717, 1.165) is 30.6 Å². The van der Waals surface area contributed by atoms with Crippen molar-refractivity contribution in [2.75, 3.05) is 6.54 Å². The monoisotopic (exact) mass is 369 g/mol. The number of benzene rings is 1. The highest BCUT2D eigenvalue weighted by atomic mass is 35.5. The number of likely N-dealkylation sites (tertiary alicyclic amines) is 1. The lowest BCUT2D eigenvalue weighted by atomic mass is 9.81. The quantitative estimate of drug-likeness (QED) is 0.603. The van der Waals surface area contributed by atoms with Crippen molar-refractivity contribution in [1.29, 1.82) is 0 Å². The van der Waals surface area contributed by atoms with Crippen molar-refractivity contribution < 1.29 is 19.1 Å². The Balaban J connectivity index is 1.57. The topological polar surface area (TPSA) is 63.7 Å². The highest BCUT2D eigenvalue weighted by Crippen LogP contribution is 2.37. The zero-order chi connectivity index (χ0) is 17.3. The van der Waals surface area contributed by atoms with Crippen LogP contribution < -0.4 is 0 Å². The predicted molar refractivity (Wildman–Crippen MR) is 88.4 cm³/mol. The van der Waals surface area contributed by atoms with E-state index in [-0.39, 0.29) is 36.8 Å². The number of carbonyl (C=O) groups is 3. The van der Waals surface area contributed by atoms with Gasteiger partial charge in [0.05, 0.1) is 21.9 Å². The summed E-state index contributed by atoms with van der Waals surface area (Å²) in [5.41, 5.74) is 0.686. The third kappa shape index (κ3) is 3.42. The lowest BCUT2D eigenvalue weighted by Crippen LogP contribution is -2.36. The third-order valence-electron chi connectivity index (χ3n) is 4.60. The van der Waals surface area contributed by atoms with Gasteiger partial charge in [-0.1, -0.05) is 42.1 Å². The highest BCUT2D eigenvalue weighted by Gasteiger charge is 2.48. The van der Waals surface area contributed by atoms with E-state index in [0.29, 0.717) is 15.6 Å². The lowest BCUT2D eigenvalue weighted by molar-refractivity contribution is -0.153. The summed E-state index contributed by atoms with van der Waals surface area (Å²) >= 11 is 11.7. The Morgan fingerprint density at radius 1 is 1.08 bits per heavy atom. The summed E-state index contributed by atoms with van der Waals surface area (Å²) in [5.74, 6) is -1.60. The fourth-order valence-corrected chi connectivity index (χ4v) is 3.68. The summed E-state index contributed by atoms with van der Waals surface area (Å²) in [6.45, 7) is -0.315. The van der Waals surface area contributed by atoms with E-state index in [1.54, 1.807) is 18.2 Å². The largest absolute Gasteiger partial charge is 0.459 e. The predicted octanol–water partition coefficient (Wildman–Crippen LogP) is 3.21. The first kappa shape index (κ1) is 17.2. The van der Waals surface area contributed by atoms with E-state index in [9.17, 15) is 14.4 Å². The van der Waals surface area contributed by atoms with Gasteiger partial charge >= 0.3 is 5.97 Å². The van der Waals surface area contributed by atoms with Crippen LogP contribution in [0.2, 0.25) is 10.0 Å². The number of nitrogens with zero attached hydrogens (tertiary/aromatic N) is 1. The molecule has 0 unspecified atom stereocenters. The van der Waals surface area contributed by atoms with Crippen LogP contribution in [-0.4, -0.2) is 29.2 Å². The first-order valence-electron chi connectivity index (χ1n) is 7.92. The minimum atomic E-state index is -0.610. The van der Waals surface area contributed by atoms with E-state index < -0.39 is 5.97 Å². The van der Waals surface area contributed by atoms with Gasteiger partial charge in [0.25, 0.3) is 0 Å². The number of ether oxygens (including phenoxy) is 1. The van der Waals surface area contributed by atoms with Crippen LogP contribution in [0.3, 0.4) is 0 Å². The van der Waals surface area contributed by atoms with Crippen molar-refractivity contribution in [3.05, 3.63) is 33.8 Å². The fraction of sp³-hybridized carbons (Fsp3) is 0.471. The molecule has 128 valence electrons. The smallest absolute Gasteiger partial charge is 0.326 e. The standard InChI is InChI=1S/C17H17Cl2NO4/c18-13-6-5-10(7-14(13)19)9-24-15(21)8-20-16(22)11-3-1-2-4-12(11)17(20)23/h5-7,11-12H,1-4,8-9H2/t11-,12-/m0/s1. The summed E-state index contributed by atoms with van der Waals surface area (Å²) in [6.07, 6.45) is 3.36. The lowest BCUT2D eigenvalue weighted by Gasteiger charge is -2.19. The minimum absolute atomic E-state index is 0.0127. The first-order chi connectivity index (χ1) is 11.5. The van der Waals surface area contributed by atoms with E-state index in [2.05, 4.69) is 0 Å². The Hall–Kier alpha value is -1.59. The molecule has 0 bridgehead atoms. The second-order valence-electron chi connectivity index (χ2n) is 6.17. The van der Waals surface area contributed by atoms with E-state index in [1.807, 2.05) is 0 Å². The molecule has 2 fully saturated rings. The molecule has 1 saturated carbocycles. The van der Waals surface area contributed by atoms with Crippen molar-refractivity contribution in [3.63, 3.8) is 0 Å². The molecule has 5 nitrogen and oxygen atoms in total. The number of amides is 2. The summed E-state index contributed by atoms with van der Waals surface area (Å²) in [4.78, 5) is 37.7. The molecule has 1 aliphatic heterocycles. The van der Waals surface area contributed by atoms with Crippen molar-refractivity contribution in [3.8, 4) is 0 Å². The fourth-order valence-electron chi connectivity index (χ4n) is 3.35. The van der Waals surface area contributed by atoms with Crippen molar-refractivity contribution in [2.24, 2.45) is 11.8 Å². The number of rotatable bonds is 4. The van der Waals surface area contributed by atoms with Gasteiger partial charge in [0.1, 0.15) is 13.2 Å². The Labute approximate surface area is 149 Å². The molecule has 3 rings (SSSR count). The number of imide groups is 1. The number of halogens is 2. The maximum Gasteiger partial charge on any atom is 0.326 e. The van der Waals surface area contributed by atoms with E-state index in [4.69, 9.17) is 27.9 Å². The number of fused-ring (bicyclic) bond motifs is 1. The summed E-state index contributed by atoms with van der Waals surface area (Å²) in [7, 11) is 0. The molecule has 1 heterocycles. The molecule has 24 heavy (non-hydrogen) atoms. The van der Waals surface area contributed by atoms with Gasteiger partial charge in [-0.15, -0.1) is 0 Å². The molecule has 0 N–H and O–H groups in total. The maximum atomic E-state index is 12.3. The number of carbonyl (C=O) groups excluding carboxylic acids is 3. The zero-order valence-corrected chi connectivity index (χ0v) is 14.5. The number of esters is 1. The van der Waals surface area contributed by atoms with Crippen LogP contribution in [0.15, 0.2) is 18.2 Å². The molecule has 1 aliphatic carbocycles. The maximum absolute atomic E-state index is 12.3. The second kappa shape index (κ2) is 7.11. The third-order valence-corrected chi connectivity index (χ3v) is 5.34. The Kier molecular flexibility index (Phi) is 5.11. The van der Waals surface area contributed by atoms with E-state index in [1.165, 1.54) is 0 Å². The van der Waals surface area contributed by atoms with Gasteiger partial charge in [-0.05, 0) is 30.5 Å². The van der Waals surface area contributed by atoms with Gasteiger partial charge in [0.15, 0.2) is 0 Å². The molecule has 2 amide bonds. The summed E-state index contributed by atoms with van der Waals surface area (Å²) in [6, 6.07) is 4.92. The molecular weight excluding hydrogens is 353 g/mol. The molecule has 0 radical (unpaired) electrons. The molecule has 1 aromatic rings. The molecule has 2 aliphatic rings. The van der Waals surface area contributed by atoms with Gasteiger partial charge < -0.3 is 4.74 Å². The van der Waals surface area contributed by atoms with E-state index >= 15 is 0 Å². The first-order valence-corrected chi connectivity index (χ1v) is 8.67. The summed E-state index contributed by atoms with van der Waals surface area (Å²) in [5, 5.41) is 0.793. The van der Waals surface area contributed by atoms with Gasteiger partial charge in [-0.2, -0.15) is 0 Å². The van der Waals surface area contributed by atoms with Crippen LogP contribution in [-0.2, 0) is 25.7 Å². The molecule has 0 aromatic heterocycles. The van der Waals surface area contributed by atoms with Crippen LogP contribution in [0, 0.1) is 11.8 Å². The van der Waals surface area contributed by atoms with Crippen molar-refractivity contribution in [2.45, 2.75) is 32.3 Å². The second-order valence-corrected chi connectivity index (χ2v) is 6.98. The van der Waals surface area contributed by atoms with Crippen LogP contribution >= 0.6 is 23.2 Å². The highest BCUT2D eigenvalue weighted by molar-refractivity contribution is 6.42. The molecule has 2 atom stereocenters. The summed E-state index contributed by atoms with van der Waals surface area (Å²) < 4.78 is 5.15. The molecule has 1 aromatic carbocycles. The Morgan fingerprint density at radius 2 is 1.71 bits per heavy atom. The molecule has 0 spiro atoms. The van der Waals surface area contributed by atoms with Crippen LogP contribution in [0.4, 0.5) is 0 Å². The Bertz CT molecular complexity index is 667. The minimum Gasteiger partial charge on any atom is -0.459 e. The normalized spacial score (nSPS) is 23.3. The van der Waals surface area contributed by atoms with Gasteiger partial charge in [-0.25, -0.2) is 0 Å². The number of hydrogen-bond acceptors (Lipinski definition) is 4. The van der Waals surface area contributed by atoms with Crippen LogP contribution in [0.1, 0.15) is 31.2 Å². The molecular formula is C17H17Cl2NO4. The van der Waals surface area contributed by atoms with Crippen LogP contribution in [0.5, 0.6) is 0 Å². The molecule has 7 heteroatoms. The zero-order valence-electron chi connectivity index (χ0n) is 13.0. The Morgan fingerprint density at radius 3 is 2.29 bits per heavy atom. The van der Waals surface area contributed by atoms with Gasteiger partial charge in [0.2, 0.25) is 11.8 Å². The van der Waals surface area contributed by atoms with Gasteiger partial charge in [0, 0.05) is 0 Å². The van der Waals surface area contributed by atoms with Crippen molar-refractivity contribution in [1.82, 2.24) is 4.90 Å². The van der Waals surface area contributed by atoms with Crippen molar-refractivity contribution >= 4 is 41.0 Å². The number of hydrogen-bond donors (Lipinski definition) is 0. The average molecular weight is 370 g/mol. The SMILES string of the molecule is O=C(CN1C(=O)[C@H]2CCCC[C@@H]2C1=O)OCc1ccc(Cl)c(Cl)c1. The van der Waals surface area contributed by atoms with Gasteiger partial charge in [-0.3, -0.25) is 19.3 Å². The van der Waals surface area contributed by atoms with Crippen LogP contribution in [0.25, 0.3) is 0 Å². The molecule has 1 saturated heterocycles.